The third kappa shape index (κ3) is 4.31. The Morgan fingerprint density at radius 3 is 2.58 bits per heavy atom. The zero-order chi connectivity index (χ0) is 22.9. The Bertz CT molecular complexity index is 1310. The Morgan fingerprint density at radius 1 is 1.06 bits per heavy atom. The molecule has 1 aliphatic rings. The number of piperidine rings is 1. The highest BCUT2D eigenvalue weighted by atomic mass is 19.1. The van der Waals surface area contributed by atoms with Crippen LogP contribution in [-0.4, -0.2) is 33.6 Å². The number of aryl methyl sites for hydroxylation is 2. The molecular formula is C26H26FN5O. The highest BCUT2D eigenvalue weighted by molar-refractivity contribution is 5.92. The molecule has 0 radical (unpaired) electrons. The van der Waals surface area contributed by atoms with E-state index in [0.717, 1.165) is 48.5 Å². The molecule has 1 fully saturated rings. The number of fused-ring (bicyclic) bond motifs is 1. The van der Waals surface area contributed by atoms with E-state index in [2.05, 4.69) is 53.3 Å². The minimum atomic E-state index is -0.316. The van der Waals surface area contributed by atoms with Crippen molar-refractivity contribution in [3.8, 4) is 11.3 Å². The standard InChI is InChI=1S/C26H26FN5O/c1-17-3-4-18(2)22(15-17)23-16-24-25(28-11-14-32(24)30-23)31-12-9-19(10-13-31)26(33)29-21-7-5-20(27)6-8-21/h3-8,11,14-16,19H,9-10,12-13H2,1-2H3,(H,29,33). The molecule has 2 aromatic heterocycles. The van der Waals surface area contributed by atoms with Crippen molar-refractivity contribution in [2.45, 2.75) is 26.7 Å². The van der Waals surface area contributed by atoms with Gasteiger partial charge >= 0.3 is 0 Å². The molecule has 1 saturated heterocycles. The van der Waals surface area contributed by atoms with Crippen LogP contribution >= 0.6 is 0 Å². The first kappa shape index (κ1) is 21.1. The van der Waals surface area contributed by atoms with E-state index in [0.29, 0.717) is 5.69 Å². The van der Waals surface area contributed by atoms with Crippen LogP contribution in [0.1, 0.15) is 24.0 Å². The molecule has 33 heavy (non-hydrogen) atoms. The van der Waals surface area contributed by atoms with Gasteiger partial charge in [0.2, 0.25) is 5.91 Å². The highest BCUT2D eigenvalue weighted by Gasteiger charge is 2.27. The molecule has 168 valence electrons. The molecule has 4 aromatic rings. The lowest BCUT2D eigenvalue weighted by molar-refractivity contribution is -0.120. The zero-order valence-corrected chi connectivity index (χ0v) is 18.8. The van der Waals surface area contributed by atoms with E-state index in [1.54, 1.807) is 18.3 Å². The zero-order valence-electron chi connectivity index (χ0n) is 18.8. The number of benzene rings is 2. The maximum Gasteiger partial charge on any atom is 0.227 e. The number of amides is 1. The average molecular weight is 444 g/mol. The van der Waals surface area contributed by atoms with Gasteiger partial charge in [-0.1, -0.05) is 17.7 Å². The molecule has 0 unspecified atom stereocenters. The second kappa shape index (κ2) is 8.65. The number of hydrogen-bond donors (Lipinski definition) is 1. The summed E-state index contributed by atoms with van der Waals surface area (Å²) < 4.78 is 15.0. The normalized spacial score (nSPS) is 14.6. The van der Waals surface area contributed by atoms with E-state index in [9.17, 15) is 9.18 Å². The number of carbonyl (C=O) groups is 1. The van der Waals surface area contributed by atoms with E-state index in [4.69, 9.17) is 5.10 Å². The fourth-order valence-corrected chi connectivity index (χ4v) is 4.43. The van der Waals surface area contributed by atoms with Gasteiger partial charge in [0.1, 0.15) is 11.3 Å². The van der Waals surface area contributed by atoms with Crippen LogP contribution in [0.25, 0.3) is 16.8 Å². The number of carbonyl (C=O) groups excluding carboxylic acids is 1. The Labute approximate surface area is 192 Å². The molecule has 1 N–H and O–H groups in total. The fraction of sp³-hybridized carbons (Fsp3) is 0.269. The van der Waals surface area contributed by atoms with Gasteiger partial charge < -0.3 is 10.2 Å². The number of anilines is 2. The molecule has 2 aromatic carbocycles. The predicted octanol–water partition coefficient (Wildman–Crippen LogP) is 5.01. The third-order valence-corrected chi connectivity index (χ3v) is 6.32. The van der Waals surface area contributed by atoms with Gasteiger partial charge in [-0.3, -0.25) is 4.79 Å². The molecule has 6 nitrogen and oxygen atoms in total. The largest absolute Gasteiger partial charge is 0.355 e. The predicted molar refractivity (Wildman–Crippen MR) is 128 cm³/mol. The lowest BCUT2D eigenvalue weighted by Gasteiger charge is -2.32. The van der Waals surface area contributed by atoms with Crippen LogP contribution in [0, 0.1) is 25.6 Å². The Kier molecular flexibility index (Phi) is 5.54. The lowest BCUT2D eigenvalue weighted by Crippen LogP contribution is -2.38. The van der Waals surface area contributed by atoms with Gasteiger partial charge in [0, 0.05) is 42.7 Å². The number of halogens is 1. The summed E-state index contributed by atoms with van der Waals surface area (Å²) in [5, 5.41) is 7.70. The summed E-state index contributed by atoms with van der Waals surface area (Å²) in [5.41, 5.74) is 6.02. The topological polar surface area (TPSA) is 62.5 Å². The summed E-state index contributed by atoms with van der Waals surface area (Å²) >= 11 is 0. The van der Waals surface area contributed by atoms with Crippen molar-refractivity contribution in [2.24, 2.45) is 5.92 Å². The van der Waals surface area contributed by atoms with Crippen LogP contribution in [0.5, 0.6) is 0 Å². The highest BCUT2D eigenvalue weighted by Crippen LogP contribution is 2.30. The molecule has 7 heteroatoms. The maximum atomic E-state index is 13.1. The van der Waals surface area contributed by atoms with Crippen molar-refractivity contribution < 1.29 is 9.18 Å². The molecule has 1 aliphatic heterocycles. The number of nitrogens with one attached hydrogen (secondary N) is 1. The number of nitrogens with zero attached hydrogens (tertiary/aromatic N) is 4. The smallest absolute Gasteiger partial charge is 0.227 e. The minimum Gasteiger partial charge on any atom is -0.355 e. The first-order valence-corrected chi connectivity index (χ1v) is 11.2. The Morgan fingerprint density at radius 2 is 1.82 bits per heavy atom. The van der Waals surface area contributed by atoms with Gasteiger partial charge in [0.25, 0.3) is 0 Å². The summed E-state index contributed by atoms with van der Waals surface area (Å²) in [4.78, 5) is 19.6. The van der Waals surface area contributed by atoms with Crippen LogP contribution in [0.15, 0.2) is 60.9 Å². The Balaban J connectivity index is 1.32. The van der Waals surface area contributed by atoms with Gasteiger partial charge in [-0.15, -0.1) is 0 Å². The lowest BCUT2D eigenvalue weighted by atomic mass is 9.95. The molecule has 0 aliphatic carbocycles. The van der Waals surface area contributed by atoms with Crippen LogP contribution in [0.4, 0.5) is 15.9 Å². The average Bonchev–Trinajstić information content (AvgIpc) is 3.26. The van der Waals surface area contributed by atoms with Crippen LogP contribution in [0.3, 0.4) is 0 Å². The van der Waals surface area contributed by atoms with E-state index in [-0.39, 0.29) is 17.6 Å². The summed E-state index contributed by atoms with van der Waals surface area (Å²) in [6, 6.07) is 14.4. The Hall–Kier alpha value is -3.74. The fourth-order valence-electron chi connectivity index (χ4n) is 4.43. The molecular weight excluding hydrogens is 417 g/mol. The van der Waals surface area contributed by atoms with E-state index < -0.39 is 0 Å². The third-order valence-electron chi connectivity index (χ3n) is 6.32. The van der Waals surface area contributed by atoms with Gasteiger partial charge in [-0.05, 0) is 68.7 Å². The minimum absolute atomic E-state index is 0.0195. The monoisotopic (exact) mass is 443 g/mol. The number of rotatable bonds is 4. The van der Waals surface area contributed by atoms with E-state index >= 15 is 0 Å². The molecule has 0 spiro atoms. The second-order valence-electron chi connectivity index (χ2n) is 8.69. The van der Waals surface area contributed by atoms with Crippen molar-refractivity contribution >= 4 is 22.9 Å². The molecule has 3 heterocycles. The van der Waals surface area contributed by atoms with E-state index in [1.165, 1.54) is 23.3 Å². The first-order valence-electron chi connectivity index (χ1n) is 11.2. The summed E-state index contributed by atoms with van der Waals surface area (Å²) in [5.74, 6) is 0.470. The summed E-state index contributed by atoms with van der Waals surface area (Å²) in [7, 11) is 0. The second-order valence-corrected chi connectivity index (χ2v) is 8.69. The van der Waals surface area contributed by atoms with Gasteiger partial charge in [0.05, 0.1) is 5.69 Å². The molecule has 5 rings (SSSR count). The SMILES string of the molecule is Cc1ccc(C)c(-c2cc3c(N4CCC(C(=O)Nc5ccc(F)cc5)CC4)nccn3n2)c1. The van der Waals surface area contributed by atoms with Crippen LogP contribution in [-0.2, 0) is 4.79 Å². The van der Waals surface area contributed by atoms with Crippen molar-refractivity contribution in [1.29, 1.82) is 0 Å². The van der Waals surface area contributed by atoms with Crippen molar-refractivity contribution in [1.82, 2.24) is 14.6 Å². The quantitative estimate of drug-likeness (QED) is 0.482. The molecule has 0 bridgehead atoms. The summed E-state index contributed by atoms with van der Waals surface area (Å²) in [6.45, 7) is 5.65. The maximum absolute atomic E-state index is 13.1. The number of aromatic nitrogens is 3. The first-order chi connectivity index (χ1) is 16.0. The van der Waals surface area contributed by atoms with Gasteiger partial charge in [-0.2, -0.15) is 5.10 Å². The van der Waals surface area contributed by atoms with Gasteiger partial charge in [-0.25, -0.2) is 13.9 Å². The van der Waals surface area contributed by atoms with E-state index in [1.807, 2.05) is 10.7 Å². The molecule has 1 amide bonds. The molecule has 0 saturated carbocycles. The van der Waals surface area contributed by atoms with Crippen molar-refractivity contribution in [3.05, 3.63) is 77.9 Å². The van der Waals surface area contributed by atoms with Crippen molar-refractivity contribution in [2.75, 3.05) is 23.3 Å². The van der Waals surface area contributed by atoms with Crippen LogP contribution < -0.4 is 10.2 Å². The van der Waals surface area contributed by atoms with Crippen molar-refractivity contribution in [3.63, 3.8) is 0 Å². The summed E-state index contributed by atoms with van der Waals surface area (Å²) in [6.07, 6.45) is 5.10. The molecule has 0 atom stereocenters. The van der Waals surface area contributed by atoms with Crippen LogP contribution in [0.2, 0.25) is 0 Å². The number of hydrogen-bond acceptors (Lipinski definition) is 4. The van der Waals surface area contributed by atoms with Gasteiger partial charge in [0.15, 0.2) is 5.82 Å².